The molecule has 4 atom stereocenters. The van der Waals surface area contributed by atoms with Crippen molar-refractivity contribution in [2.45, 2.75) is 62.7 Å². The monoisotopic (exact) mass is 563 g/mol. The molecule has 0 radical (unpaired) electrons. The van der Waals surface area contributed by atoms with Crippen LogP contribution in [0.2, 0.25) is 0 Å². The summed E-state index contributed by atoms with van der Waals surface area (Å²) in [6, 6.07) is 3.30. The first-order chi connectivity index (χ1) is 18.8. The van der Waals surface area contributed by atoms with Crippen molar-refractivity contribution >= 4 is 41.5 Å². The molecule has 0 aliphatic heterocycles. The summed E-state index contributed by atoms with van der Waals surface area (Å²) in [5, 5.41) is 16.8. The Balaban J connectivity index is 3.16. The smallest absolute Gasteiger partial charge is 0.326 e. The predicted molar refractivity (Wildman–Crippen MR) is 144 cm³/mol. The molecule has 0 aliphatic carbocycles. The molecule has 0 saturated carbocycles. The van der Waals surface area contributed by atoms with E-state index in [9.17, 15) is 33.9 Å². The SMILES string of the molecule is NC(=O)CCC(NC(=O)C(Cc1ccccc1)NC(=O)C(CCCN=C(N)N)NC(=O)C(N)CC(N)=O)C(=O)O. The number of carboxylic acid groups (broad SMARTS) is 1. The van der Waals surface area contributed by atoms with E-state index in [0.717, 1.165) is 0 Å². The van der Waals surface area contributed by atoms with Gasteiger partial charge in [-0.3, -0.25) is 29.0 Å². The lowest BCUT2D eigenvalue weighted by Crippen LogP contribution is -2.57. The fourth-order valence-electron chi connectivity index (χ4n) is 3.51. The summed E-state index contributed by atoms with van der Waals surface area (Å²) in [7, 11) is 0. The predicted octanol–water partition coefficient (Wildman–Crippen LogP) is -3.71. The Hall–Kier alpha value is -4.73. The van der Waals surface area contributed by atoms with Crippen LogP contribution >= 0.6 is 0 Å². The summed E-state index contributed by atoms with van der Waals surface area (Å²) in [5.74, 6) is -5.59. The third-order valence-corrected chi connectivity index (χ3v) is 5.55. The minimum absolute atomic E-state index is 0.0215. The van der Waals surface area contributed by atoms with Gasteiger partial charge in [-0.25, -0.2) is 4.79 Å². The minimum atomic E-state index is -1.45. The van der Waals surface area contributed by atoms with Gasteiger partial charge in [0.1, 0.15) is 18.1 Å². The first-order valence-electron chi connectivity index (χ1n) is 12.4. The van der Waals surface area contributed by atoms with Crippen LogP contribution in [-0.4, -0.2) is 77.3 Å². The third kappa shape index (κ3) is 13.2. The second-order valence-corrected chi connectivity index (χ2v) is 8.94. The Morgan fingerprint density at radius 2 is 1.35 bits per heavy atom. The molecular weight excluding hydrogens is 526 g/mol. The van der Waals surface area contributed by atoms with Crippen LogP contribution in [0.25, 0.3) is 0 Å². The second kappa shape index (κ2) is 17.0. The van der Waals surface area contributed by atoms with Crippen molar-refractivity contribution in [1.82, 2.24) is 16.0 Å². The largest absolute Gasteiger partial charge is 0.480 e. The third-order valence-electron chi connectivity index (χ3n) is 5.55. The maximum atomic E-state index is 13.3. The number of guanidine groups is 1. The molecule has 5 amide bonds. The van der Waals surface area contributed by atoms with E-state index >= 15 is 0 Å². The number of benzene rings is 1. The summed E-state index contributed by atoms with van der Waals surface area (Å²) >= 11 is 0. The molecular formula is C24H37N9O7. The zero-order valence-electron chi connectivity index (χ0n) is 21.9. The number of nitrogens with two attached hydrogens (primary N) is 5. The zero-order chi connectivity index (χ0) is 30.2. The number of nitrogens with zero attached hydrogens (tertiary/aromatic N) is 1. The molecule has 0 fully saturated rings. The number of carbonyl (C=O) groups excluding carboxylic acids is 5. The lowest BCUT2D eigenvalue weighted by molar-refractivity contribution is -0.142. The van der Waals surface area contributed by atoms with E-state index in [2.05, 4.69) is 20.9 Å². The number of hydrogen-bond acceptors (Lipinski definition) is 8. The van der Waals surface area contributed by atoms with Crippen LogP contribution in [0, 0.1) is 0 Å². The molecule has 14 N–H and O–H groups in total. The molecule has 0 heterocycles. The van der Waals surface area contributed by atoms with Gasteiger partial charge >= 0.3 is 5.97 Å². The Bertz CT molecular complexity index is 1080. The number of carbonyl (C=O) groups is 6. The average molecular weight is 564 g/mol. The van der Waals surface area contributed by atoms with Gasteiger partial charge in [-0.2, -0.15) is 0 Å². The summed E-state index contributed by atoms with van der Waals surface area (Å²) < 4.78 is 0. The van der Waals surface area contributed by atoms with Crippen LogP contribution in [0.3, 0.4) is 0 Å². The Labute approximate surface area is 230 Å². The molecule has 1 aromatic rings. The highest BCUT2D eigenvalue weighted by Gasteiger charge is 2.30. The molecule has 0 aliphatic rings. The Morgan fingerprint density at radius 3 is 1.90 bits per heavy atom. The molecule has 16 nitrogen and oxygen atoms in total. The van der Waals surface area contributed by atoms with E-state index in [1.165, 1.54) is 0 Å². The van der Waals surface area contributed by atoms with Gasteiger partial charge in [0.25, 0.3) is 0 Å². The van der Waals surface area contributed by atoms with Crippen molar-refractivity contribution < 1.29 is 33.9 Å². The average Bonchev–Trinajstić information content (AvgIpc) is 2.87. The van der Waals surface area contributed by atoms with Gasteiger partial charge in [-0.05, 0) is 24.8 Å². The number of carboxylic acids is 1. The van der Waals surface area contributed by atoms with E-state index in [1.54, 1.807) is 30.3 Å². The number of aliphatic carboxylic acids is 1. The fourth-order valence-corrected chi connectivity index (χ4v) is 3.51. The van der Waals surface area contributed by atoms with E-state index in [0.29, 0.717) is 5.56 Å². The highest BCUT2D eigenvalue weighted by atomic mass is 16.4. The van der Waals surface area contributed by atoms with E-state index in [-0.39, 0.29) is 44.6 Å². The highest BCUT2D eigenvalue weighted by Crippen LogP contribution is 2.08. The van der Waals surface area contributed by atoms with Gasteiger partial charge in [-0.1, -0.05) is 30.3 Å². The van der Waals surface area contributed by atoms with Crippen molar-refractivity contribution in [1.29, 1.82) is 0 Å². The standard InChI is InChI=1S/C24H37N9O7/c25-14(12-19(27)35)20(36)31-15(7-4-10-30-24(28)29)21(37)33-17(11-13-5-2-1-3-6-13)22(38)32-16(23(39)40)8-9-18(26)34/h1-3,5-6,14-17H,4,7-12,25H2,(H2,26,34)(H2,27,35)(H,31,36)(H,32,38)(H,33,37)(H,39,40)(H4,28,29,30). The summed E-state index contributed by atoms with van der Waals surface area (Å²) in [5.41, 5.74) is 27.1. The molecule has 220 valence electrons. The molecule has 0 aromatic heterocycles. The van der Waals surface area contributed by atoms with Gasteiger partial charge in [-0.15, -0.1) is 0 Å². The van der Waals surface area contributed by atoms with E-state index in [1.807, 2.05) is 0 Å². The van der Waals surface area contributed by atoms with Crippen LogP contribution < -0.4 is 44.6 Å². The summed E-state index contributed by atoms with van der Waals surface area (Å²) in [6.07, 6.45) is -0.781. The van der Waals surface area contributed by atoms with Gasteiger partial charge in [0, 0.05) is 19.4 Å². The van der Waals surface area contributed by atoms with Crippen molar-refractivity contribution in [3.63, 3.8) is 0 Å². The number of aliphatic imine (C=N–C) groups is 1. The molecule has 1 rings (SSSR count). The van der Waals surface area contributed by atoms with Crippen LogP contribution in [0.4, 0.5) is 0 Å². The number of nitrogens with one attached hydrogen (secondary N) is 3. The summed E-state index contributed by atoms with van der Waals surface area (Å²) in [4.78, 5) is 76.7. The number of rotatable bonds is 18. The summed E-state index contributed by atoms with van der Waals surface area (Å²) in [6.45, 7) is 0.128. The fraction of sp³-hybridized carbons (Fsp3) is 0.458. The highest BCUT2D eigenvalue weighted by molar-refractivity contribution is 5.95. The van der Waals surface area contributed by atoms with Gasteiger partial charge < -0.3 is 49.7 Å². The van der Waals surface area contributed by atoms with Gasteiger partial charge in [0.15, 0.2) is 5.96 Å². The lowest BCUT2D eigenvalue weighted by Gasteiger charge is -2.25. The topological polar surface area (TPSA) is 301 Å². The first kappa shape index (κ1) is 33.3. The van der Waals surface area contributed by atoms with Crippen LogP contribution in [0.1, 0.15) is 37.7 Å². The van der Waals surface area contributed by atoms with Crippen molar-refractivity contribution in [3.05, 3.63) is 35.9 Å². The van der Waals surface area contributed by atoms with Crippen molar-refractivity contribution in [2.75, 3.05) is 6.54 Å². The van der Waals surface area contributed by atoms with Gasteiger partial charge in [0.2, 0.25) is 29.5 Å². The quantitative estimate of drug-likeness (QED) is 0.0478. The van der Waals surface area contributed by atoms with E-state index in [4.69, 9.17) is 28.7 Å². The molecule has 16 heteroatoms. The molecule has 1 aromatic carbocycles. The number of amides is 5. The maximum absolute atomic E-state index is 13.3. The molecule has 40 heavy (non-hydrogen) atoms. The van der Waals surface area contributed by atoms with Gasteiger partial charge in [0.05, 0.1) is 12.5 Å². The van der Waals surface area contributed by atoms with Crippen molar-refractivity contribution in [2.24, 2.45) is 33.7 Å². The molecule has 0 spiro atoms. The zero-order valence-corrected chi connectivity index (χ0v) is 21.9. The number of primary amides is 2. The molecule has 0 saturated heterocycles. The second-order valence-electron chi connectivity index (χ2n) is 8.94. The van der Waals surface area contributed by atoms with Crippen LogP contribution in [0.5, 0.6) is 0 Å². The molecule has 4 unspecified atom stereocenters. The Morgan fingerprint density at radius 1 is 0.775 bits per heavy atom. The van der Waals surface area contributed by atoms with E-state index < -0.39 is 66.1 Å². The van der Waals surface area contributed by atoms with Crippen LogP contribution in [0.15, 0.2) is 35.3 Å². The Kier molecular flexibility index (Phi) is 14.1. The lowest BCUT2D eigenvalue weighted by atomic mass is 10.0. The normalized spacial score (nSPS) is 13.5. The first-order valence-corrected chi connectivity index (χ1v) is 12.4. The van der Waals surface area contributed by atoms with Crippen LogP contribution in [-0.2, 0) is 35.2 Å². The maximum Gasteiger partial charge on any atom is 0.326 e. The number of hydrogen-bond donors (Lipinski definition) is 9. The molecule has 0 bridgehead atoms. The van der Waals surface area contributed by atoms with Crippen molar-refractivity contribution in [3.8, 4) is 0 Å². The minimum Gasteiger partial charge on any atom is -0.480 e.